The molecule has 2 aliphatic rings. The summed E-state index contributed by atoms with van der Waals surface area (Å²) >= 11 is 0. The fourth-order valence-corrected chi connectivity index (χ4v) is 6.55. The molecule has 13 nitrogen and oxygen atoms in total. The van der Waals surface area contributed by atoms with E-state index in [0.717, 1.165) is 48.2 Å². The molecule has 1 saturated heterocycles. The maximum atomic E-state index is 13.0. The summed E-state index contributed by atoms with van der Waals surface area (Å²) in [6, 6.07) is 15.2. The monoisotopic (exact) mass is 706 g/mol. The molecule has 13 heteroatoms. The van der Waals surface area contributed by atoms with E-state index >= 15 is 0 Å². The zero-order valence-electron chi connectivity index (χ0n) is 30.7. The van der Waals surface area contributed by atoms with Gasteiger partial charge in [-0.3, -0.25) is 20.4 Å². The highest BCUT2D eigenvalue weighted by atomic mass is 16.6. The van der Waals surface area contributed by atoms with Crippen molar-refractivity contribution in [3.8, 4) is 11.1 Å². The highest BCUT2D eigenvalue weighted by molar-refractivity contribution is 6.01. The number of hydrogen-bond donors (Lipinski definition) is 5. The number of benzene rings is 2. The molecule has 1 heterocycles. The zero-order chi connectivity index (χ0) is 37.0. The van der Waals surface area contributed by atoms with E-state index in [9.17, 15) is 19.2 Å². The van der Waals surface area contributed by atoms with Crippen LogP contribution in [0.25, 0.3) is 11.1 Å². The third-order valence-electron chi connectivity index (χ3n) is 8.61. The zero-order valence-corrected chi connectivity index (χ0v) is 30.7. The lowest BCUT2D eigenvalue weighted by Gasteiger charge is -2.32. The summed E-state index contributed by atoms with van der Waals surface area (Å²) in [4.78, 5) is 55.9. The first-order chi connectivity index (χ1) is 24.2. The van der Waals surface area contributed by atoms with Crippen LogP contribution in [0.5, 0.6) is 0 Å². The second kappa shape index (κ2) is 18.0. The van der Waals surface area contributed by atoms with E-state index in [2.05, 4.69) is 43.7 Å². The van der Waals surface area contributed by atoms with E-state index in [1.807, 2.05) is 50.2 Å². The van der Waals surface area contributed by atoms with Gasteiger partial charge in [0.1, 0.15) is 23.9 Å². The second-order valence-electron chi connectivity index (χ2n) is 14.6. The van der Waals surface area contributed by atoms with Crippen LogP contribution in [-0.4, -0.2) is 80.2 Å². The van der Waals surface area contributed by atoms with Crippen LogP contribution < -0.4 is 26.6 Å². The highest BCUT2D eigenvalue weighted by Crippen LogP contribution is 2.44. The van der Waals surface area contributed by atoms with Crippen LogP contribution in [0.4, 0.5) is 14.4 Å². The summed E-state index contributed by atoms with van der Waals surface area (Å²) < 4.78 is 16.8. The average Bonchev–Trinajstić information content (AvgIpc) is 3.37. The molecule has 4 amide bonds. The maximum absolute atomic E-state index is 13.0. The van der Waals surface area contributed by atoms with Gasteiger partial charge in [-0.25, -0.2) is 14.4 Å². The molecule has 0 spiro atoms. The number of rotatable bonds is 12. The molecule has 51 heavy (non-hydrogen) atoms. The summed E-state index contributed by atoms with van der Waals surface area (Å²) in [7, 11) is 0. The fourth-order valence-electron chi connectivity index (χ4n) is 6.55. The van der Waals surface area contributed by atoms with Crippen molar-refractivity contribution in [3.63, 3.8) is 0 Å². The predicted octanol–water partition coefficient (Wildman–Crippen LogP) is 5.59. The Balaban J connectivity index is 1.35. The van der Waals surface area contributed by atoms with Gasteiger partial charge in [0.2, 0.25) is 11.9 Å². The SMILES string of the molecule is CCNC(=O)[C@H](CCCN=C(NC(=O)OC(C)(C)C)NC(=O)OC(C)(C)CC1CCCNC1)NC(=O)OCC1c2ccccc2-c2ccccc21. The molecule has 2 atom stereocenters. The van der Waals surface area contributed by atoms with Crippen molar-refractivity contribution in [2.45, 2.75) is 96.8 Å². The standard InChI is InChI=1S/C38H54N6O7/c1-7-40-32(45)31(42-34(46)49-24-30-28-17-10-8-15-26(28)27-16-9-11-18-29(27)30)19-13-21-41-33(43-35(47)50-37(2,3)4)44-36(48)51-38(5,6)22-25-14-12-20-39-23-25/h8-11,15-18,25,30-31,39H,7,12-14,19-24H2,1-6H3,(H,40,45)(H,42,46)(H2,41,43,44,47,48)/t25?,31-/m0/s1. The van der Waals surface area contributed by atoms with Crippen LogP contribution in [0, 0.1) is 5.92 Å². The summed E-state index contributed by atoms with van der Waals surface area (Å²) in [6.07, 6.45) is 1.07. The Kier molecular flexibility index (Phi) is 13.8. The van der Waals surface area contributed by atoms with Gasteiger partial charge in [-0.2, -0.15) is 0 Å². The Morgan fingerprint density at radius 3 is 2.12 bits per heavy atom. The molecule has 0 aromatic heterocycles. The van der Waals surface area contributed by atoms with Crippen molar-refractivity contribution in [1.82, 2.24) is 26.6 Å². The van der Waals surface area contributed by atoms with Crippen LogP contribution in [0.15, 0.2) is 53.5 Å². The number of nitrogens with zero attached hydrogens (tertiary/aromatic N) is 1. The summed E-state index contributed by atoms with van der Waals surface area (Å²) in [6.45, 7) is 13.1. The maximum Gasteiger partial charge on any atom is 0.414 e. The second-order valence-corrected chi connectivity index (χ2v) is 14.6. The Morgan fingerprint density at radius 1 is 0.902 bits per heavy atom. The number of hydrogen-bond acceptors (Lipinski definition) is 9. The molecular weight excluding hydrogens is 652 g/mol. The van der Waals surface area contributed by atoms with Crippen LogP contribution in [0.2, 0.25) is 0 Å². The smallest absolute Gasteiger partial charge is 0.414 e. The summed E-state index contributed by atoms with van der Waals surface area (Å²) in [5.74, 6) is -0.248. The molecular formula is C38H54N6O7. The minimum Gasteiger partial charge on any atom is -0.449 e. The lowest BCUT2D eigenvalue weighted by Crippen LogP contribution is -2.48. The van der Waals surface area contributed by atoms with Gasteiger partial charge in [0, 0.05) is 19.0 Å². The molecule has 2 aromatic rings. The van der Waals surface area contributed by atoms with Crippen molar-refractivity contribution in [3.05, 3.63) is 59.7 Å². The summed E-state index contributed by atoms with van der Waals surface area (Å²) in [5, 5.41) is 13.9. The quantitative estimate of drug-likeness (QED) is 0.0825. The van der Waals surface area contributed by atoms with E-state index < -0.39 is 35.5 Å². The van der Waals surface area contributed by atoms with Crippen molar-refractivity contribution in [2.24, 2.45) is 10.9 Å². The van der Waals surface area contributed by atoms with E-state index in [1.54, 1.807) is 27.7 Å². The molecule has 0 radical (unpaired) electrons. The summed E-state index contributed by atoms with van der Waals surface area (Å²) in [5.41, 5.74) is 2.87. The first kappa shape index (κ1) is 39.1. The third kappa shape index (κ3) is 12.3. The number of guanidine groups is 1. The largest absolute Gasteiger partial charge is 0.449 e. The Labute approximate surface area is 301 Å². The number of ether oxygens (including phenoxy) is 3. The van der Waals surface area contributed by atoms with E-state index in [-0.39, 0.29) is 37.4 Å². The number of fused-ring (bicyclic) bond motifs is 3. The lowest BCUT2D eigenvalue weighted by molar-refractivity contribution is -0.123. The normalized spacial score (nSPS) is 16.6. The van der Waals surface area contributed by atoms with Crippen molar-refractivity contribution >= 4 is 30.1 Å². The van der Waals surface area contributed by atoms with Gasteiger partial charge in [0.15, 0.2) is 0 Å². The first-order valence-corrected chi connectivity index (χ1v) is 17.9. The molecule has 0 bridgehead atoms. The van der Waals surface area contributed by atoms with E-state index in [4.69, 9.17) is 14.2 Å². The molecule has 1 aliphatic heterocycles. The van der Waals surface area contributed by atoms with Crippen LogP contribution in [0.3, 0.4) is 0 Å². The number of aliphatic imine (C=N–C) groups is 1. The number of amides is 4. The highest BCUT2D eigenvalue weighted by Gasteiger charge is 2.31. The van der Waals surface area contributed by atoms with Crippen molar-refractivity contribution < 1.29 is 33.4 Å². The Hall–Kier alpha value is -4.65. The Bertz CT molecular complexity index is 1500. The molecule has 0 saturated carbocycles. The number of nitrogens with one attached hydrogen (secondary N) is 5. The number of piperidine rings is 1. The molecule has 1 aliphatic carbocycles. The average molecular weight is 707 g/mol. The number of likely N-dealkylation sites (N-methyl/N-ethyl adjacent to an activating group) is 1. The van der Waals surface area contributed by atoms with Crippen molar-refractivity contribution in [2.75, 3.05) is 32.8 Å². The number of alkyl carbamates (subject to hydrolysis) is 3. The van der Waals surface area contributed by atoms with Crippen LogP contribution in [-0.2, 0) is 19.0 Å². The van der Waals surface area contributed by atoms with Gasteiger partial charge in [0.25, 0.3) is 0 Å². The third-order valence-corrected chi connectivity index (χ3v) is 8.61. The van der Waals surface area contributed by atoms with Crippen LogP contribution in [0.1, 0.15) is 90.7 Å². The van der Waals surface area contributed by atoms with Gasteiger partial charge in [-0.15, -0.1) is 0 Å². The van der Waals surface area contributed by atoms with Gasteiger partial charge in [-0.05, 0) is 115 Å². The van der Waals surface area contributed by atoms with E-state index in [0.29, 0.717) is 25.3 Å². The van der Waals surface area contributed by atoms with E-state index in [1.165, 1.54) is 0 Å². The molecule has 1 fully saturated rings. The van der Waals surface area contributed by atoms with Crippen LogP contribution >= 0.6 is 0 Å². The lowest BCUT2D eigenvalue weighted by atomic mass is 9.88. The topological polar surface area (TPSA) is 168 Å². The fraction of sp³-hybridized carbons (Fsp3) is 0.553. The molecule has 278 valence electrons. The minimum atomic E-state index is -0.897. The van der Waals surface area contributed by atoms with Gasteiger partial charge in [-0.1, -0.05) is 48.5 Å². The molecule has 2 aromatic carbocycles. The number of carbonyl (C=O) groups is 4. The molecule has 4 rings (SSSR count). The van der Waals surface area contributed by atoms with Gasteiger partial charge in [0.05, 0.1) is 0 Å². The van der Waals surface area contributed by atoms with Gasteiger partial charge >= 0.3 is 18.3 Å². The van der Waals surface area contributed by atoms with Crippen molar-refractivity contribution in [1.29, 1.82) is 0 Å². The predicted molar refractivity (Wildman–Crippen MR) is 195 cm³/mol. The minimum absolute atomic E-state index is 0.102. The Morgan fingerprint density at radius 2 is 1.53 bits per heavy atom. The molecule has 5 N–H and O–H groups in total. The van der Waals surface area contributed by atoms with Gasteiger partial charge < -0.3 is 30.2 Å². The molecule has 1 unspecified atom stereocenters. The first-order valence-electron chi connectivity index (χ1n) is 17.9. The number of carbonyl (C=O) groups excluding carboxylic acids is 4.